The Balaban J connectivity index is 1.19. The SMILES string of the molecule is CC1=C(/C=C/C2=C(Cl)C(=C/C=C3/N(C)c4ccc5cc(S(=O)(=O)O)ccc5c4C3(C)C)/CCC2)C(C)(C)c2c1ccc1cc(SOOO)ccc21. The highest BCUT2D eigenvalue weighted by atomic mass is 35.5. The van der Waals surface area contributed by atoms with Gasteiger partial charge in [-0.1, -0.05) is 92.9 Å². The molecule has 0 aromatic heterocycles. The molecule has 0 bridgehead atoms. The van der Waals surface area contributed by atoms with E-state index < -0.39 is 10.1 Å². The lowest BCUT2D eigenvalue weighted by molar-refractivity contribution is -0.432. The zero-order valence-corrected chi connectivity index (χ0v) is 31.8. The first kappa shape index (κ1) is 35.7. The topological polar surface area (TPSA) is 96.3 Å². The van der Waals surface area contributed by atoms with Crippen molar-refractivity contribution in [1.29, 1.82) is 0 Å². The zero-order valence-electron chi connectivity index (χ0n) is 29.4. The molecule has 2 aliphatic carbocycles. The number of hydrogen-bond donors (Lipinski definition) is 2. The van der Waals surface area contributed by atoms with Gasteiger partial charge in [0.05, 0.1) is 16.9 Å². The third kappa shape index (κ3) is 6.08. The Bertz CT molecular complexity index is 2400. The average molecular weight is 742 g/mol. The lowest BCUT2D eigenvalue weighted by Crippen LogP contribution is -2.22. The number of nitrogens with zero attached hydrogens (tertiary/aromatic N) is 1. The van der Waals surface area contributed by atoms with E-state index in [0.717, 1.165) is 85.5 Å². The maximum atomic E-state index is 11.8. The summed E-state index contributed by atoms with van der Waals surface area (Å²) in [6.07, 6.45) is 11.6. The van der Waals surface area contributed by atoms with E-state index in [1.165, 1.54) is 39.8 Å². The highest BCUT2D eigenvalue weighted by molar-refractivity contribution is 7.94. The second kappa shape index (κ2) is 13.1. The van der Waals surface area contributed by atoms with Crippen LogP contribution in [0.4, 0.5) is 5.69 Å². The molecule has 7 nitrogen and oxygen atoms in total. The van der Waals surface area contributed by atoms with Crippen molar-refractivity contribution in [3.8, 4) is 0 Å². The number of fused-ring (bicyclic) bond motifs is 6. The van der Waals surface area contributed by atoms with Gasteiger partial charge in [-0.3, -0.25) is 4.55 Å². The number of rotatable bonds is 7. The molecule has 0 unspecified atom stereocenters. The zero-order chi connectivity index (χ0) is 36.5. The summed E-state index contributed by atoms with van der Waals surface area (Å²) in [5.74, 6) is 0. The van der Waals surface area contributed by atoms with Crippen LogP contribution in [-0.4, -0.2) is 25.3 Å². The second-order valence-corrected chi connectivity index (χ2v) is 17.1. The van der Waals surface area contributed by atoms with E-state index in [4.69, 9.17) is 16.9 Å². The van der Waals surface area contributed by atoms with Gasteiger partial charge in [-0.25, -0.2) is 5.26 Å². The van der Waals surface area contributed by atoms with Gasteiger partial charge in [-0.15, -0.1) is 4.33 Å². The molecule has 51 heavy (non-hydrogen) atoms. The maximum absolute atomic E-state index is 11.8. The Labute approximate surface area is 308 Å². The first-order valence-electron chi connectivity index (χ1n) is 16.8. The van der Waals surface area contributed by atoms with E-state index in [0.29, 0.717) is 0 Å². The van der Waals surface area contributed by atoms with Gasteiger partial charge in [0.15, 0.2) is 0 Å². The van der Waals surface area contributed by atoms with Gasteiger partial charge in [0.25, 0.3) is 10.1 Å². The molecule has 2 N–H and O–H groups in total. The van der Waals surface area contributed by atoms with Crippen molar-refractivity contribution in [2.75, 3.05) is 11.9 Å². The number of hydrogen-bond acceptors (Lipinski definition) is 7. The molecule has 0 atom stereocenters. The number of likely N-dealkylation sites (N-methyl/N-ethyl adjacent to an activating group) is 1. The largest absolute Gasteiger partial charge is 0.347 e. The molecular weight excluding hydrogens is 702 g/mol. The number of benzene rings is 4. The van der Waals surface area contributed by atoms with Crippen LogP contribution in [0.25, 0.3) is 27.1 Å². The number of allylic oxidation sites excluding steroid dienone is 10. The Hall–Kier alpha value is -3.67. The van der Waals surface area contributed by atoms with Crippen LogP contribution in [0, 0.1) is 0 Å². The van der Waals surface area contributed by atoms with E-state index in [2.05, 4.69) is 98.4 Å². The van der Waals surface area contributed by atoms with Gasteiger partial charge in [0.2, 0.25) is 0 Å². The summed E-state index contributed by atoms with van der Waals surface area (Å²) in [7, 11) is -2.24. The number of anilines is 1. The number of halogens is 1. The van der Waals surface area contributed by atoms with Crippen LogP contribution >= 0.6 is 23.6 Å². The van der Waals surface area contributed by atoms with Gasteiger partial charge in [0, 0.05) is 39.2 Å². The second-order valence-electron chi connectivity index (χ2n) is 14.5. The van der Waals surface area contributed by atoms with Gasteiger partial charge < -0.3 is 4.90 Å². The minimum absolute atomic E-state index is 0.111. The molecule has 0 radical (unpaired) electrons. The molecule has 0 spiro atoms. The van der Waals surface area contributed by atoms with Crippen molar-refractivity contribution in [1.82, 2.24) is 0 Å². The highest BCUT2D eigenvalue weighted by Crippen LogP contribution is 2.52. The van der Waals surface area contributed by atoms with Crippen LogP contribution in [0.5, 0.6) is 0 Å². The van der Waals surface area contributed by atoms with Crippen LogP contribution in [0.3, 0.4) is 0 Å². The highest BCUT2D eigenvalue weighted by Gasteiger charge is 2.40. The average Bonchev–Trinajstić information content (AvgIpc) is 3.41. The monoisotopic (exact) mass is 741 g/mol. The molecule has 4 aromatic rings. The van der Waals surface area contributed by atoms with Crippen molar-refractivity contribution in [2.45, 2.75) is 74.5 Å². The van der Waals surface area contributed by atoms with Crippen LogP contribution in [0.15, 0.2) is 122 Å². The van der Waals surface area contributed by atoms with Gasteiger partial charge in [-0.2, -0.15) is 8.42 Å². The fourth-order valence-electron chi connectivity index (χ4n) is 8.44. The maximum Gasteiger partial charge on any atom is 0.294 e. The predicted octanol–water partition coefficient (Wildman–Crippen LogP) is 11.2. The molecule has 3 aliphatic rings. The van der Waals surface area contributed by atoms with Gasteiger partial charge >= 0.3 is 0 Å². The minimum atomic E-state index is -4.30. The van der Waals surface area contributed by atoms with Gasteiger partial charge in [0.1, 0.15) is 0 Å². The lowest BCUT2D eigenvalue weighted by Gasteiger charge is -2.25. The predicted molar refractivity (Wildman–Crippen MR) is 207 cm³/mol. The molecule has 0 saturated heterocycles. The molecule has 4 aromatic carbocycles. The normalized spacial score (nSPS) is 20.1. The third-order valence-electron chi connectivity index (χ3n) is 10.9. The summed E-state index contributed by atoms with van der Waals surface area (Å²) in [5, 5.41) is 17.1. The van der Waals surface area contributed by atoms with Crippen LogP contribution < -0.4 is 4.90 Å². The molecule has 0 fully saturated rings. The van der Waals surface area contributed by atoms with Crippen LogP contribution in [-0.2, 0) is 30.3 Å². The summed E-state index contributed by atoms with van der Waals surface area (Å²) in [4.78, 5) is 2.91. The van der Waals surface area contributed by atoms with Crippen molar-refractivity contribution < 1.29 is 27.6 Å². The lowest BCUT2D eigenvalue weighted by atomic mass is 9.78. The Morgan fingerprint density at radius 3 is 2.33 bits per heavy atom. The molecule has 1 aliphatic heterocycles. The molecule has 7 rings (SSSR count). The summed E-state index contributed by atoms with van der Waals surface area (Å²) >= 11 is 8.12. The summed E-state index contributed by atoms with van der Waals surface area (Å²) in [5.41, 5.74) is 9.97. The van der Waals surface area contributed by atoms with Gasteiger partial charge in [-0.05, 0) is 123 Å². The fourth-order valence-corrected chi connectivity index (χ4v) is 9.68. The first-order valence-corrected chi connectivity index (χ1v) is 19.4. The van der Waals surface area contributed by atoms with Crippen LogP contribution in [0.1, 0.15) is 70.6 Å². The Kier molecular flexibility index (Phi) is 9.16. The van der Waals surface area contributed by atoms with Crippen molar-refractivity contribution in [3.63, 3.8) is 0 Å². The minimum Gasteiger partial charge on any atom is -0.347 e. The van der Waals surface area contributed by atoms with E-state index in [-0.39, 0.29) is 15.7 Å². The summed E-state index contributed by atoms with van der Waals surface area (Å²) < 4.78 is 37.8. The van der Waals surface area contributed by atoms with Crippen LogP contribution in [0.2, 0.25) is 0 Å². The van der Waals surface area contributed by atoms with Crippen molar-refractivity contribution in [2.24, 2.45) is 0 Å². The molecular formula is C41H40ClNO6S2. The van der Waals surface area contributed by atoms with E-state index in [1.807, 2.05) is 24.3 Å². The summed E-state index contributed by atoms with van der Waals surface area (Å²) in [6.45, 7) is 11.1. The van der Waals surface area contributed by atoms with E-state index >= 15 is 0 Å². The van der Waals surface area contributed by atoms with Crippen molar-refractivity contribution >= 4 is 66.6 Å². The smallest absolute Gasteiger partial charge is 0.294 e. The first-order chi connectivity index (χ1) is 24.1. The molecule has 10 heteroatoms. The van der Waals surface area contributed by atoms with E-state index in [1.54, 1.807) is 6.07 Å². The molecule has 0 amide bonds. The fraction of sp³-hybridized carbons (Fsp3) is 0.268. The van der Waals surface area contributed by atoms with E-state index in [9.17, 15) is 13.0 Å². The molecule has 264 valence electrons. The molecule has 0 saturated carbocycles. The standard InChI is InChI=1S/C41H40ClNO6S2/c1-24-31-16-10-27-22-29(50-49-48-44)14-17-32(27)37(31)40(2,3)34(24)19-11-25-8-7-9-26(39(25)42)13-21-36-41(4,5)38-33-18-15-30(51(45,46)47)23-28(33)12-20-35(38)43(36)6/h10-23,44H,7-9H2,1-6H3,(H,45,46,47)/b19-11+,26-13+,36-21+. The summed E-state index contributed by atoms with van der Waals surface area (Å²) in [6, 6.07) is 19.1. The Morgan fingerprint density at radius 2 is 1.59 bits per heavy atom. The van der Waals surface area contributed by atoms with Crippen molar-refractivity contribution in [3.05, 3.63) is 129 Å². The quantitative estimate of drug-likeness (QED) is 0.0836. The Morgan fingerprint density at radius 1 is 0.882 bits per heavy atom. The third-order valence-corrected chi connectivity index (χ3v) is 12.8. The molecule has 1 heterocycles.